The van der Waals surface area contributed by atoms with E-state index in [1.807, 2.05) is 0 Å². The molecule has 1 aromatic rings. The van der Waals surface area contributed by atoms with Gasteiger partial charge in [0.05, 0.1) is 19.3 Å². The fourth-order valence-corrected chi connectivity index (χ4v) is 5.60. The summed E-state index contributed by atoms with van der Waals surface area (Å²) in [6, 6.07) is 0. The molecule has 0 aliphatic rings. The van der Waals surface area contributed by atoms with Gasteiger partial charge in [-0.25, -0.2) is 9.13 Å². The summed E-state index contributed by atoms with van der Waals surface area (Å²) in [5.74, 6) is 1.35. The average molecular weight is 571 g/mol. The third kappa shape index (κ3) is 21.8. The fourth-order valence-electron chi connectivity index (χ4n) is 5.60. The van der Waals surface area contributed by atoms with E-state index in [4.69, 9.17) is 4.74 Å². The van der Waals surface area contributed by atoms with Crippen molar-refractivity contribution in [2.75, 3.05) is 13.2 Å². The van der Waals surface area contributed by atoms with E-state index >= 15 is 0 Å². The zero-order valence-electron chi connectivity index (χ0n) is 26.5. The number of ether oxygens (including phenoxy) is 1. The smallest absolute Gasteiger partial charge is 0.256 e. The van der Waals surface area contributed by atoms with Crippen molar-refractivity contribution >= 4 is 0 Å². The Labute approximate surface area is 250 Å². The summed E-state index contributed by atoms with van der Waals surface area (Å²) in [6.07, 6.45) is 36.0. The van der Waals surface area contributed by atoms with E-state index < -0.39 is 0 Å². The second kappa shape index (κ2) is 28.9. The Kier molecular flexibility index (Phi) is 28.5. The highest BCUT2D eigenvalue weighted by Gasteiger charge is 2.16. The van der Waals surface area contributed by atoms with Gasteiger partial charge in [0.25, 0.3) is 5.82 Å². The number of aromatic nitrogens is 2. The predicted molar refractivity (Wildman–Crippen MR) is 164 cm³/mol. The van der Waals surface area contributed by atoms with Gasteiger partial charge in [-0.15, -0.1) is 0 Å². The summed E-state index contributed by atoms with van der Waals surface area (Å²) in [5.41, 5.74) is 0. The van der Waals surface area contributed by atoms with Crippen molar-refractivity contribution in [2.24, 2.45) is 0 Å². The van der Waals surface area contributed by atoms with Crippen molar-refractivity contribution in [1.82, 2.24) is 4.57 Å². The molecule has 0 aliphatic heterocycles. The highest BCUT2D eigenvalue weighted by molar-refractivity contribution is 4.84. The van der Waals surface area contributed by atoms with Gasteiger partial charge in [0.15, 0.2) is 0 Å². The van der Waals surface area contributed by atoms with Crippen molar-refractivity contribution in [3.63, 3.8) is 0 Å². The Morgan fingerprint density at radius 1 is 0.718 bits per heavy atom. The zero-order valence-corrected chi connectivity index (χ0v) is 27.2. The molecule has 39 heavy (non-hydrogen) atoms. The molecule has 5 heteroatoms. The van der Waals surface area contributed by atoms with Crippen LogP contribution in [0.1, 0.15) is 168 Å². The van der Waals surface area contributed by atoms with Gasteiger partial charge in [-0.2, -0.15) is 0 Å². The van der Waals surface area contributed by atoms with Gasteiger partial charge in [-0.1, -0.05) is 142 Å². The minimum atomic E-state index is 0. The van der Waals surface area contributed by atoms with E-state index in [1.54, 1.807) is 0 Å². The molecule has 0 fully saturated rings. The van der Waals surface area contributed by atoms with Crippen LogP contribution in [0.4, 0.5) is 0 Å². The maximum atomic E-state index is 9.50. The SMILES string of the molecule is CCCCCCCCCCCCCc1n(CCOC(C)CCCCCCCCCCCC)cc[n+]1CCO.[Cl-]. The Bertz CT molecular complexity index is 622. The number of rotatable bonds is 29. The van der Waals surface area contributed by atoms with Crippen LogP contribution in [0, 0.1) is 0 Å². The van der Waals surface area contributed by atoms with Crippen LogP contribution >= 0.6 is 0 Å². The molecular formula is C34H67ClN2O2. The quantitative estimate of drug-likeness (QED) is 0.0901. The van der Waals surface area contributed by atoms with Crippen LogP contribution in [0.2, 0.25) is 0 Å². The van der Waals surface area contributed by atoms with Crippen LogP contribution in [0.5, 0.6) is 0 Å². The van der Waals surface area contributed by atoms with Crippen LogP contribution in [0.15, 0.2) is 12.4 Å². The molecule has 1 atom stereocenters. The van der Waals surface area contributed by atoms with Gasteiger partial charge in [0.1, 0.15) is 25.5 Å². The second-order valence-corrected chi connectivity index (χ2v) is 11.8. The molecule has 0 bridgehead atoms. The lowest BCUT2D eigenvalue weighted by Gasteiger charge is -2.13. The molecule has 0 saturated carbocycles. The first-order valence-electron chi connectivity index (χ1n) is 17.0. The molecule has 1 N–H and O–H groups in total. The van der Waals surface area contributed by atoms with E-state index in [2.05, 4.69) is 42.3 Å². The Hall–Kier alpha value is -0.580. The number of aliphatic hydroxyl groups excluding tert-OH is 1. The molecule has 232 valence electrons. The number of aliphatic hydroxyl groups is 1. The fraction of sp³-hybridized carbons (Fsp3) is 0.912. The van der Waals surface area contributed by atoms with Gasteiger partial charge in [0.2, 0.25) is 0 Å². The minimum Gasteiger partial charge on any atom is -1.00 e. The van der Waals surface area contributed by atoms with Crippen molar-refractivity contribution < 1.29 is 26.8 Å². The first-order chi connectivity index (χ1) is 18.7. The van der Waals surface area contributed by atoms with Crippen LogP contribution < -0.4 is 17.0 Å². The van der Waals surface area contributed by atoms with Gasteiger partial charge in [0, 0.05) is 6.42 Å². The number of unbranched alkanes of at least 4 members (excludes halogenated alkanes) is 19. The lowest BCUT2D eigenvalue weighted by molar-refractivity contribution is -0.705. The Balaban J connectivity index is 0.0000144. The van der Waals surface area contributed by atoms with Crippen LogP contribution in [0.25, 0.3) is 0 Å². The summed E-state index contributed by atoms with van der Waals surface area (Å²) in [6.45, 7) is 9.39. The normalized spacial score (nSPS) is 12.1. The molecule has 1 heterocycles. The van der Waals surface area contributed by atoms with Crippen LogP contribution in [-0.4, -0.2) is 29.0 Å². The lowest BCUT2D eigenvalue weighted by Crippen LogP contribution is -3.00. The molecule has 0 aromatic carbocycles. The minimum absolute atomic E-state index is 0. The Morgan fingerprint density at radius 3 is 1.67 bits per heavy atom. The van der Waals surface area contributed by atoms with Gasteiger partial charge in [-0.05, 0) is 19.8 Å². The van der Waals surface area contributed by atoms with E-state index in [1.165, 1.54) is 147 Å². The number of imidazole rings is 1. The van der Waals surface area contributed by atoms with E-state index in [0.29, 0.717) is 12.6 Å². The van der Waals surface area contributed by atoms with E-state index in [-0.39, 0.29) is 19.0 Å². The second-order valence-electron chi connectivity index (χ2n) is 11.8. The first kappa shape index (κ1) is 38.4. The first-order valence-corrected chi connectivity index (χ1v) is 17.0. The molecule has 0 spiro atoms. The maximum Gasteiger partial charge on any atom is 0.256 e. The highest BCUT2D eigenvalue weighted by atomic mass is 35.5. The molecule has 0 radical (unpaired) electrons. The number of hydrogen-bond acceptors (Lipinski definition) is 2. The van der Waals surface area contributed by atoms with Crippen LogP contribution in [-0.2, 0) is 24.2 Å². The summed E-state index contributed by atoms with van der Waals surface area (Å²) >= 11 is 0. The molecule has 0 saturated heterocycles. The van der Waals surface area contributed by atoms with E-state index in [0.717, 1.165) is 19.6 Å². The van der Waals surface area contributed by atoms with Gasteiger partial charge in [-0.3, -0.25) is 0 Å². The maximum absolute atomic E-state index is 9.50. The van der Waals surface area contributed by atoms with Gasteiger partial charge < -0.3 is 22.3 Å². The van der Waals surface area contributed by atoms with Crippen molar-refractivity contribution in [3.8, 4) is 0 Å². The molecular weight excluding hydrogens is 504 g/mol. The topological polar surface area (TPSA) is 38.3 Å². The molecule has 1 aromatic heterocycles. The lowest BCUT2D eigenvalue weighted by atomic mass is 10.0. The summed E-state index contributed by atoms with van der Waals surface area (Å²) < 4.78 is 10.8. The van der Waals surface area contributed by atoms with E-state index in [9.17, 15) is 5.11 Å². The average Bonchev–Trinajstić information content (AvgIpc) is 3.29. The van der Waals surface area contributed by atoms with Crippen molar-refractivity contribution in [3.05, 3.63) is 18.2 Å². The van der Waals surface area contributed by atoms with Gasteiger partial charge >= 0.3 is 0 Å². The number of hydrogen-bond donors (Lipinski definition) is 1. The molecule has 4 nitrogen and oxygen atoms in total. The molecule has 0 amide bonds. The van der Waals surface area contributed by atoms with Crippen LogP contribution in [0.3, 0.4) is 0 Å². The summed E-state index contributed by atoms with van der Waals surface area (Å²) in [7, 11) is 0. The number of halogens is 1. The summed E-state index contributed by atoms with van der Waals surface area (Å²) in [4.78, 5) is 0. The van der Waals surface area contributed by atoms with Crippen molar-refractivity contribution in [1.29, 1.82) is 0 Å². The molecule has 1 unspecified atom stereocenters. The largest absolute Gasteiger partial charge is 1.00 e. The highest BCUT2D eigenvalue weighted by Crippen LogP contribution is 2.14. The third-order valence-corrected chi connectivity index (χ3v) is 8.13. The summed E-state index contributed by atoms with van der Waals surface area (Å²) in [5, 5.41) is 9.50. The number of nitrogens with zero attached hydrogens (tertiary/aromatic N) is 2. The third-order valence-electron chi connectivity index (χ3n) is 8.13. The molecule has 1 rings (SSSR count). The predicted octanol–water partition coefficient (Wildman–Crippen LogP) is 6.34. The Morgan fingerprint density at radius 2 is 1.18 bits per heavy atom. The standard InChI is InChI=1S/C34H67N2O2.ClH/c1-4-6-8-10-12-14-16-18-20-22-24-26-34-35(29-31-37)27-28-36(34)30-32-38-33(3)25-23-21-19-17-15-13-11-9-7-5-2;/h27-28,33,37H,4-26,29-32H2,1-3H3;1H/q+1;/p-1. The van der Waals surface area contributed by atoms with Crippen molar-refractivity contribution in [2.45, 2.75) is 188 Å². The monoisotopic (exact) mass is 570 g/mol. The molecule has 0 aliphatic carbocycles. The zero-order chi connectivity index (χ0) is 27.5.